The molecule has 148 valence electrons. The topological polar surface area (TPSA) is 34.1 Å². The van der Waals surface area contributed by atoms with Gasteiger partial charge in [-0.25, -0.2) is 0 Å². The van der Waals surface area contributed by atoms with Gasteiger partial charge in [0.25, 0.3) is 0 Å². The zero-order valence-electron chi connectivity index (χ0n) is 17.4. The fourth-order valence-electron chi connectivity index (χ4n) is 3.65. The van der Waals surface area contributed by atoms with E-state index in [0.717, 1.165) is 25.6 Å². The molecule has 6 heteroatoms. The Morgan fingerprint density at radius 2 is 1.68 bits per heavy atom. The van der Waals surface area contributed by atoms with E-state index in [9.17, 15) is 0 Å². The van der Waals surface area contributed by atoms with Gasteiger partial charge < -0.3 is 15.1 Å². The number of likely N-dealkylation sites (tertiary alicyclic amines) is 1. The standard InChI is InChI=1S/C19H39N5.HI/c1-8-20-17(24-15-18(4,5)19(24,6)7)21-14-16(3)23-12-10-22(9-2)11-13-23;/h16H,8-15H2,1-7H3,(H,20,21);1H. The number of hydrogen-bond donors (Lipinski definition) is 1. The summed E-state index contributed by atoms with van der Waals surface area (Å²) in [7, 11) is 0. The number of nitrogens with one attached hydrogen (secondary N) is 1. The van der Waals surface area contributed by atoms with E-state index in [1.54, 1.807) is 0 Å². The van der Waals surface area contributed by atoms with Gasteiger partial charge >= 0.3 is 0 Å². The first kappa shape index (κ1) is 23.0. The van der Waals surface area contributed by atoms with Crippen molar-refractivity contribution in [2.24, 2.45) is 10.4 Å². The average molecular weight is 465 g/mol. The highest BCUT2D eigenvalue weighted by atomic mass is 127. The highest BCUT2D eigenvalue weighted by molar-refractivity contribution is 14.0. The quantitative estimate of drug-likeness (QED) is 0.385. The van der Waals surface area contributed by atoms with E-state index in [1.165, 1.54) is 32.7 Å². The molecule has 5 nitrogen and oxygen atoms in total. The molecule has 0 aromatic heterocycles. The maximum atomic E-state index is 4.99. The van der Waals surface area contributed by atoms with E-state index in [1.807, 2.05) is 0 Å². The maximum Gasteiger partial charge on any atom is 0.194 e. The molecule has 2 saturated heterocycles. The molecular weight excluding hydrogens is 425 g/mol. The molecule has 0 aliphatic carbocycles. The van der Waals surface area contributed by atoms with Crippen molar-refractivity contribution in [1.82, 2.24) is 20.0 Å². The predicted molar refractivity (Wildman–Crippen MR) is 119 cm³/mol. The van der Waals surface area contributed by atoms with Gasteiger partial charge in [-0.05, 0) is 34.2 Å². The first-order valence-electron chi connectivity index (χ1n) is 9.75. The Balaban J connectivity index is 0.00000312. The lowest BCUT2D eigenvalue weighted by Gasteiger charge is -2.62. The zero-order valence-corrected chi connectivity index (χ0v) is 19.8. The highest BCUT2D eigenvalue weighted by Gasteiger charge is 2.53. The average Bonchev–Trinajstić information content (AvgIpc) is 2.56. The summed E-state index contributed by atoms with van der Waals surface area (Å²) in [5.74, 6) is 1.08. The van der Waals surface area contributed by atoms with Crippen LogP contribution in [-0.4, -0.2) is 84.6 Å². The molecule has 0 bridgehead atoms. The van der Waals surface area contributed by atoms with Crippen molar-refractivity contribution < 1.29 is 0 Å². The Hall–Kier alpha value is -0.0800. The second kappa shape index (κ2) is 9.22. The van der Waals surface area contributed by atoms with Gasteiger partial charge in [-0.3, -0.25) is 9.89 Å². The Kier molecular flexibility index (Phi) is 8.47. The number of piperazine rings is 1. The number of likely N-dealkylation sites (N-methyl/N-ethyl adjacent to an activating group) is 1. The first-order valence-corrected chi connectivity index (χ1v) is 9.75. The first-order chi connectivity index (χ1) is 11.2. The van der Waals surface area contributed by atoms with Gasteiger partial charge in [0.05, 0.1) is 6.54 Å². The number of aliphatic imine (C=N–C) groups is 1. The summed E-state index contributed by atoms with van der Waals surface area (Å²) in [6, 6.07) is 0.509. The molecule has 0 aromatic carbocycles. The summed E-state index contributed by atoms with van der Waals surface area (Å²) in [5.41, 5.74) is 0.495. The van der Waals surface area contributed by atoms with Crippen LogP contribution in [0.25, 0.3) is 0 Å². The van der Waals surface area contributed by atoms with Gasteiger partial charge in [0, 0.05) is 56.3 Å². The second-order valence-electron chi connectivity index (χ2n) is 8.54. The molecule has 2 aliphatic heterocycles. The van der Waals surface area contributed by atoms with Crippen molar-refractivity contribution in [3.8, 4) is 0 Å². The Bertz CT molecular complexity index is 441. The smallest absolute Gasteiger partial charge is 0.194 e. The molecule has 2 fully saturated rings. The SMILES string of the molecule is CCNC(=NCC(C)N1CCN(CC)CC1)N1CC(C)(C)C1(C)C.I. The third-order valence-corrected chi connectivity index (χ3v) is 6.46. The normalized spacial score (nSPS) is 25.1. The van der Waals surface area contributed by atoms with Crippen LogP contribution in [-0.2, 0) is 0 Å². The molecule has 1 N–H and O–H groups in total. The third kappa shape index (κ3) is 5.01. The van der Waals surface area contributed by atoms with Gasteiger partial charge in [-0.15, -0.1) is 24.0 Å². The number of guanidine groups is 1. The summed E-state index contributed by atoms with van der Waals surface area (Å²) in [4.78, 5) is 12.5. The zero-order chi connectivity index (χ0) is 18.0. The van der Waals surface area contributed by atoms with Crippen LogP contribution in [0.2, 0.25) is 0 Å². The van der Waals surface area contributed by atoms with Crippen LogP contribution in [0.1, 0.15) is 48.5 Å². The van der Waals surface area contributed by atoms with Crippen LogP contribution >= 0.6 is 24.0 Å². The molecule has 0 aromatic rings. The third-order valence-electron chi connectivity index (χ3n) is 6.46. The summed E-state index contributed by atoms with van der Waals surface area (Å²) < 4.78 is 0. The molecule has 25 heavy (non-hydrogen) atoms. The van der Waals surface area contributed by atoms with E-state index in [2.05, 4.69) is 68.5 Å². The van der Waals surface area contributed by atoms with Gasteiger partial charge in [-0.2, -0.15) is 0 Å². The van der Waals surface area contributed by atoms with Crippen molar-refractivity contribution in [2.45, 2.75) is 60.0 Å². The van der Waals surface area contributed by atoms with Crippen LogP contribution in [0.4, 0.5) is 0 Å². The molecule has 0 radical (unpaired) electrons. The summed E-state index contributed by atoms with van der Waals surface area (Å²) in [6.07, 6.45) is 0. The number of rotatable bonds is 5. The van der Waals surface area contributed by atoms with E-state index in [-0.39, 0.29) is 29.5 Å². The van der Waals surface area contributed by atoms with Crippen LogP contribution in [0.5, 0.6) is 0 Å². The van der Waals surface area contributed by atoms with E-state index in [4.69, 9.17) is 4.99 Å². The van der Waals surface area contributed by atoms with Crippen LogP contribution < -0.4 is 5.32 Å². The minimum absolute atomic E-state index is 0. The molecule has 0 spiro atoms. The monoisotopic (exact) mass is 465 g/mol. The minimum atomic E-state index is 0. The molecular formula is C19H40IN5. The molecule has 1 atom stereocenters. The van der Waals surface area contributed by atoms with Gasteiger partial charge in [-0.1, -0.05) is 20.8 Å². The van der Waals surface area contributed by atoms with Crippen LogP contribution in [0.3, 0.4) is 0 Å². The molecule has 0 amide bonds. The molecule has 1 unspecified atom stereocenters. The molecule has 0 saturated carbocycles. The van der Waals surface area contributed by atoms with Crippen molar-refractivity contribution in [1.29, 1.82) is 0 Å². The van der Waals surface area contributed by atoms with E-state index >= 15 is 0 Å². The second-order valence-corrected chi connectivity index (χ2v) is 8.54. The Labute approximate surface area is 172 Å². The maximum absolute atomic E-state index is 4.99. The largest absolute Gasteiger partial charge is 0.356 e. The van der Waals surface area contributed by atoms with Crippen LogP contribution in [0.15, 0.2) is 4.99 Å². The van der Waals surface area contributed by atoms with Crippen molar-refractivity contribution in [3.05, 3.63) is 0 Å². The van der Waals surface area contributed by atoms with Gasteiger partial charge in [0.1, 0.15) is 0 Å². The number of nitrogens with zero attached hydrogens (tertiary/aromatic N) is 4. The lowest BCUT2D eigenvalue weighted by Crippen LogP contribution is -2.72. The Morgan fingerprint density at radius 3 is 2.12 bits per heavy atom. The van der Waals surface area contributed by atoms with Gasteiger partial charge in [0.15, 0.2) is 5.96 Å². The van der Waals surface area contributed by atoms with E-state index in [0.29, 0.717) is 11.5 Å². The van der Waals surface area contributed by atoms with Crippen molar-refractivity contribution in [3.63, 3.8) is 0 Å². The fraction of sp³-hybridized carbons (Fsp3) is 0.947. The summed E-state index contributed by atoms with van der Waals surface area (Å²) >= 11 is 0. The lowest BCUT2D eigenvalue weighted by molar-refractivity contribution is -0.0668. The summed E-state index contributed by atoms with van der Waals surface area (Å²) in [6.45, 7) is 24.9. The van der Waals surface area contributed by atoms with Gasteiger partial charge in [0.2, 0.25) is 0 Å². The lowest BCUT2D eigenvalue weighted by atomic mass is 9.65. The molecule has 2 aliphatic rings. The molecule has 2 rings (SSSR count). The van der Waals surface area contributed by atoms with Crippen molar-refractivity contribution in [2.75, 3.05) is 52.4 Å². The fourth-order valence-corrected chi connectivity index (χ4v) is 3.65. The number of halogens is 1. The predicted octanol–water partition coefficient (Wildman–Crippen LogP) is 2.72. The summed E-state index contributed by atoms with van der Waals surface area (Å²) in [5, 5.41) is 3.50. The van der Waals surface area contributed by atoms with E-state index < -0.39 is 0 Å². The number of hydrogen-bond acceptors (Lipinski definition) is 3. The molecule has 2 heterocycles. The highest BCUT2D eigenvalue weighted by Crippen LogP contribution is 2.46. The van der Waals surface area contributed by atoms with Crippen molar-refractivity contribution >= 4 is 29.9 Å². The Morgan fingerprint density at radius 1 is 1.08 bits per heavy atom. The van der Waals surface area contributed by atoms with Crippen LogP contribution in [0, 0.1) is 5.41 Å². The minimum Gasteiger partial charge on any atom is -0.356 e.